The second kappa shape index (κ2) is 5.27. The van der Waals surface area contributed by atoms with Gasteiger partial charge < -0.3 is 20.1 Å². The summed E-state index contributed by atoms with van der Waals surface area (Å²) in [6.07, 6.45) is 0. The van der Waals surface area contributed by atoms with E-state index in [4.69, 9.17) is 15.2 Å². The molecule has 4 nitrogen and oxygen atoms in total. The summed E-state index contributed by atoms with van der Waals surface area (Å²) in [6, 6.07) is 5.74. The van der Waals surface area contributed by atoms with Crippen molar-refractivity contribution in [3.63, 3.8) is 0 Å². The van der Waals surface area contributed by atoms with Crippen molar-refractivity contribution in [3.8, 4) is 11.5 Å². The first-order chi connectivity index (χ1) is 7.96. The largest absolute Gasteiger partial charge is 0.497 e. The number of nitrogens with zero attached hydrogens (tertiary/aromatic N) is 1. The quantitative estimate of drug-likeness (QED) is 0.851. The van der Waals surface area contributed by atoms with Crippen LogP contribution in [0.1, 0.15) is 13.8 Å². The maximum absolute atomic E-state index is 5.79. The highest BCUT2D eigenvalue weighted by Gasteiger charge is 2.24. The molecule has 0 aliphatic heterocycles. The fraction of sp³-hybridized carbons (Fsp3) is 0.538. The zero-order valence-electron chi connectivity index (χ0n) is 11.3. The standard InChI is InChI=1S/C13H22N2O2/c1-13(2,9-14)15(3)11-8-10(16-4)6-7-12(11)17-5/h6-8H,9,14H2,1-5H3. The predicted molar refractivity (Wildman–Crippen MR) is 71.1 cm³/mol. The van der Waals surface area contributed by atoms with Gasteiger partial charge in [0.25, 0.3) is 0 Å². The topological polar surface area (TPSA) is 47.7 Å². The van der Waals surface area contributed by atoms with Gasteiger partial charge in [0, 0.05) is 25.2 Å². The van der Waals surface area contributed by atoms with Crippen LogP contribution in [0.15, 0.2) is 18.2 Å². The third-order valence-electron chi connectivity index (χ3n) is 3.15. The van der Waals surface area contributed by atoms with Crippen molar-refractivity contribution in [2.45, 2.75) is 19.4 Å². The van der Waals surface area contributed by atoms with Crippen LogP contribution in [0.3, 0.4) is 0 Å². The molecule has 0 bridgehead atoms. The van der Waals surface area contributed by atoms with Crippen molar-refractivity contribution in [1.29, 1.82) is 0 Å². The lowest BCUT2D eigenvalue weighted by Gasteiger charge is -2.37. The molecule has 2 N–H and O–H groups in total. The van der Waals surface area contributed by atoms with E-state index < -0.39 is 0 Å². The van der Waals surface area contributed by atoms with E-state index in [0.717, 1.165) is 17.2 Å². The summed E-state index contributed by atoms with van der Waals surface area (Å²) in [5.41, 5.74) is 6.63. The zero-order chi connectivity index (χ0) is 13.1. The molecular formula is C13H22N2O2. The molecule has 0 unspecified atom stereocenters. The lowest BCUT2D eigenvalue weighted by molar-refractivity contribution is 0.398. The molecule has 1 rings (SSSR count). The number of methoxy groups -OCH3 is 2. The van der Waals surface area contributed by atoms with Gasteiger partial charge in [-0.15, -0.1) is 0 Å². The normalized spacial score (nSPS) is 11.2. The summed E-state index contributed by atoms with van der Waals surface area (Å²) in [7, 11) is 5.32. The van der Waals surface area contributed by atoms with Crippen molar-refractivity contribution in [2.24, 2.45) is 5.73 Å². The van der Waals surface area contributed by atoms with Crippen LogP contribution >= 0.6 is 0 Å². The number of ether oxygens (including phenoxy) is 2. The Morgan fingerprint density at radius 1 is 1.24 bits per heavy atom. The van der Waals surface area contributed by atoms with Gasteiger partial charge in [0.2, 0.25) is 0 Å². The van der Waals surface area contributed by atoms with Gasteiger partial charge in [-0.05, 0) is 26.0 Å². The molecular weight excluding hydrogens is 216 g/mol. The minimum absolute atomic E-state index is 0.139. The van der Waals surface area contributed by atoms with Gasteiger partial charge in [-0.25, -0.2) is 0 Å². The monoisotopic (exact) mass is 238 g/mol. The first kappa shape index (κ1) is 13.6. The van der Waals surface area contributed by atoms with Gasteiger partial charge in [0.05, 0.1) is 19.9 Å². The van der Waals surface area contributed by atoms with Crippen LogP contribution in [-0.4, -0.2) is 33.4 Å². The summed E-state index contributed by atoms with van der Waals surface area (Å²) in [6.45, 7) is 4.74. The van der Waals surface area contributed by atoms with Gasteiger partial charge >= 0.3 is 0 Å². The third kappa shape index (κ3) is 2.82. The van der Waals surface area contributed by atoms with Gasteiger partial charge in [-0.2, -0.15) is 0 Å². The SMILES string of the molecule is COc1ccc(OC)c(N(C)C(C)(C)CN)c1. The Labute approximate surface area is 103 Å². The molecule has 0 amide bonds. The molecule has 0 saturated carbocycles. The molecule has 0 atom stereocenters. The molecule has 0 heterocycles. The molecule has 1 aromatic carbocycles. The molecule has 96 valence electrons. The lowest BCUT2D eigenvalue weighted by atomic mass is 10.0. The average Bonchev–Trinajstić information content (AvgIpc) is 2.36. The van der Waals surface area contributed by atoms with Crippen LogP contribution in [0.2, 0.25) is 0 Å². The van der Waals surface area contributed by atoms with Crippen molar-refractivity contribution < 1.29 is 9.47 Å². The fourth-order valence-corrected chi connectivity index (χ4v) is 1.52. The maximum atomic E-state index is 5.79. The predicted octanol–water partition coefficient (Wildman–Crippen LogP) is 1.88. The number of hydrogen-bond donors (Lipinski definition) is 1. The average molecular weight is 238 g/mol. The van der Waals surface area contributed by atoms with Crippen molar-refractivity contribution in [1.82, 2.24) is 0 Å². The molecule has 0 saturated heterocycles. The zero-order valence-corrected chi connectivity index (χ0v) is 11.3. The van der Waals surface area contributed by atoms with Crippen LogP contribution in [0.5, 0.6) is 11.5 Å². The highest BCUT2D eigenvalue weighted by Crippen LogP contribution is 2.34. The van der Waals surface area contributed by atoms with Gasteiger partial charge in [0.15, 0.2) is 0 Å². The number of likely N-dealkylation sites (N-methyl/N-ethyl adjacent to an activating group) is 1. The second-order valence-electron chi connectivity index (χ2n) is 4.61. The van der Waals surface area contributed by atoms with Crippen molar-refractivity contribution in [3.05, 3.63) is 18.2 Å². The third-order valence-corrected chi connectivity index (χ3v) is 3.15. The molecule has 0 radical (unpaired) electrons. The molecule has 1 aromatic rings. The summed E-state index contributed by atoms with van der Waals surface area (Å²) in [5.74, 6) is 1.62. The van der Waals surface area contributed by atoms with Crippen molar-refractivity contribution >= 4 is 5.69 Å². The second-order valence-corrected chi connectivity index (χ2v) is 4.61. The summed E-state index contributed by atoms with van der Waals surface area (Å²) >= 11 is 0. The highest BCUT2D eigenvalue weighted by molar-refractivity contribution is 5.62. The molecule has 17 heavy (non-hydrogen) atoms. The molecule has 0 spiro atoms. The summed E-state index contributed by atoms with van der Waals surface area (Å²) in [5, 5.41) is 0. The Bertz CT molecular complexity index is 378. The first-order valence-electron chi connectivity index (χ1n) is 5.62. The molecule has 0 aromatic heterocycles. The Morgan fingerprint density at radius 3 is 2.35 bits per heavy atom. The van der Waals surface area contributed by atoms with Gasteiger partial charge in [0.1, 0.15) is 11.5 Å². The smallest absolute Gasteiger partial charge is 0.142 e. The number of anilines is 1. The van der Waals surface area contributed by atoms with Crippen LogP contribution in [0.25, 0.3) is 0 Å². The molecule has 0 aliphatic carbocycles. The van der Waals surface area contributed by atoms with Crippen molar-refractivity contribution in [2.75, 3.05) is 32.7 Å². The van der Waals surface area contributed by atoms with Crippen LogP contribution in [0.4, 0.5) is 5.69 Å². The van der Waals surface area contributed by atoms with E-state index in [1.807, 2.05) is 25.2 Å². The maximum Gasteiger partial charge on any atom is 0.142 e. The van der Waals surface area contributed by atoms with E-state index >= 15 is 0 Å². The van der Waals surface area contributed by atoms with E-state index in [9.17, 15) is 0 Å². The number of nitrogens with two attached hydrogens (primary N) is 1. The van der Waals surface area contributed by atoms with Crippen LogP contribution in [-0.2, 0) is 0 Å². The fourth-order valence-electron chi connectivity index (χ4n) is 1.52. The van der Waals surface area contributed by atoms with E-state index in [-0.39, 0.29) is 5.54 Å². The highest BCUT2D eigenvalue weighted by atomic mass is 16.5. The van der Waals surface area contributed by atoms with E-state index in [0.29, 0.717) is 6.54 Å². The Morgan fingerprint density at radius 2 is 1.88 bits per heavy atom. The van der Waals surface area contributed by atoms with E-state index in [2.05, 4.69) is 18.7 Å². The van der Waals surface area contributed by atoms with Crippen LogP contribution in [0, 0.1) is 0 Å². The lowest BCUT2D eigenvalue weighted by Crippen LogP contribution is -2.47. The van der Waals surface area contributed by atoms with Gasteiger partial charge in [-0.3, -0.25) is 0 Å². The minimum Gasteiger partial charge on any atom is -0.497 e. The number of hydrogen-bond acceptors (Lipinski definition) is 4. The van der Waals surface area contributed by atoms with Gasteiger partial charge in [-0.1, -0.05) is 0 Å². The minimum atomic E-state index is -0.139. The number of benzene rings is 1. The molecule has 0 aliphatic rings. The summed E-state index contributed by atoms with van der Waals surface area (Å²) in [4.78, 5) is 2.11. The van der Waals surface area contributed by atoms with E-state index in [1.165, 1.54) is 0 Å². The van der Waals surface area contributed by atoms with Crippen LogP contribution < -0.4 is 20.1 Å². The molecule has 0 fully saturated rings. The van der Waals surface area contributed by atoms with E-state index in [1.54, 1.807) is 14.2 Å². The Balaban J connectivity index is 3.18. The summed E-state index contributed by atoms with van der Waals surface area (Å²) < 4.78 is 10.6. The first-order valence-corrected chi connectivity index (χ1v) is 5.62. The number of rotatable bonds is 5. The Kier molecular flexibility index (Phi) is 4.23. The Hall–Kier alpha value is -1.42. The molecule has 4 heteroatoms.